The predicted octanol–water partition coefficient (Wildman–Crippen LogP) is 1.85. The molecule has 1 fully saturated rings. The number of amides is 2. The van der Waals surface area contributed by atoms with Gasteiger partial charge in [0.05, 0.1) is 18.8 Å². The van der Waals surface area contributed by atoms with Crippen LogP contribution in [0.15, 0.2) is 47.6 Å². The van der Waals surface area contributed by atoms with Crippen LogP contribution in [0.4, 0.5) is 4.79 Å². The van der Waals surface area contributed by atoms with Crippen molar-refractivity contribution in [2.75, 3.05) is 13.1 Å². The lowest BCUT2D eigenvalue weighted by Crippen LogP contribution is -2.44. The van der Waals surface area contributed by atoms with E-state index in [2.05, 4.69) is 11.9 Å². The van der Waals surface area contributed by atoms with Crippen LogP contribution in [0.3, 0.4) is 0 Å². The first kappa shape index (κ1) is 20.0. The Kier molecular flexibility index (Phi) is 6.38. The molecule has 0 aliphatic carbocycles. The zero-order valence-electron chi connectivity index (χ0n) is 15.4. The highest BCUT2D eigenvalue weighted by molar-refractivity contribution is 6.41. The number of ether oxygens (including phenoxy) is 1. The summed E-state index contributed by atoms with van der Waals surface area (Å²) in [5.41, 5.74) is 1.27. The number of carbonyl (C=O) groups is 2. The molecular weight excluding hydrogens is 363 g/mol. The Hall–Kier alpha value is -2.78. The van der Waals surface area contributed by atoms with E-state index >= 15 is 0 Å². The number of hydrogen-bond acceptors (Lipinski definition) is 6. The second-order valence-corrected chi connectivity index (χ2v) is 6.76. The molecule has 148 valence electrons. The summed E-state index contributed by atoms with van der Waals surface area (Å²) in [6, 6.07) is 6.58. The number of hydrogen-bond donors (Lipinski definition) is 3. The molecule has 1 saturated heterocycles. The SMILES string of the molecule is C=CC(=O)N1CCC[C@H](OC(=O)N[C@H](CB(O)O)c2coc3ccccc23)C1. The van der Waals surface area contributed by atoms with Crippen LogP contribution in [0, 0.1) is 0 Å². The molecule has 0 spiro atoms. The Morgan fingerprint density at radius 3 is 2.96 bits per heavy atom. The van der Waals surface area contributed by atoms with Gasteiger partial charge in [-0.25, -0.2) is 4.79 Å². The molecule has 2 atom stereocenters. The van der Waals surface area contributed by atoms with Gasteiger partial charge < -0.3 is 29.4 Å². The molecule has 8 nitrogen and oxygen atoms in total. The molecule has 9 heteroatoms. The number of piperidine rings is 1. The summed E-state index contributed by atoms with van der Waals surface area (Å²) in [5, 5.41) is 22.3. The van der Waals surface area contributed by atoms with Crippen molar-refractivity contribution in [2.45, 2.75) is 31.3 Å². The van der Waals surface area contributed by atoms with Gasteiger partial charge >= 0.3 is 13.2 Å². The van der Waals surface area contributed by atoms with Crippen LogP contribution in [0.25, 0.3) is 11.0 Å². The summed E-state index contributed by atoms with van der Waals surface area (Å²) in [6.07, 6.45) is 2.87. The zero-order valence-corrected chi connectivity index (χ0v) is 15.4. The summed E-state index contributed by atoms with van der Waals surface area (Å²) in [5.74, 6) is -0.195. The van der Waals surface area contributed by atoms with Crippen LogP contribution in [0.5, 0.6) is 0 Å². The maximum absolute atomic E-state index is 12.4. The van der Waals surface area contributed by atoms with E-state index in [1.54, 1.807) is 11.0 Å². The van der Waals surface area contributed by atoms with Crippen LogP contribution >= 0.6 is 0 Å². The van der Waals surface area contributed by atoms with Crippen LogP contribution in [-0.2, 0) is 9.53 Å². The Balaban J connectivity index is 1.68. The topological polar surface area (TPSA) is 112 Å². The Morgan fingerprint density at radius 2 is 2.21 bits per heavy atom. The molecule has 28 heavy (non-hydrogen) atoms. The van der Waals surface area contributed by atoms with E-state index in [-0.39, 0.29) is 12.2 Å². The fourth-order valence-corrected chi connectivity index (χ4v) is 3.43. The van der Waals surface area contributed by atoms with E-state index in [1.165, 1.54) is 12.3 Å². The number of fused-ring (bicyclic) bond motifs is 1. The first-order valence-corrected chi connectivity index (χ1v) is 9.18. The summed E-state index contributed by atoms with van der Waals surface area (Å²) < 4.78 is 11.0. The molecule has 0 radical (unpaired) electrons. The second-order valence-electron chi connectivity index (χ2n) is 6.76. The fourth-order valence-electron chi connectivity index (χ4n) is 3.43. The first-order valence-electron chi connectivity index (χ1n) is 9.18. The van der Waals surface area contributed by atoms with Gasteiger partial charge in [0.25, 0.3) is 0 Å². The molecule has 1 aliphatic rings. The number of benzene rings is 1. The number of para-hydroxylation sites is 1. The molecule has 2 amide bonds. The van der Waals surface area contributed by atoms with Gasteiger partial charge in [-0.05, 0) is 25.0 Å². The fraction of sp³-hybridized carbons (Fsp3) is 0.368. The maximum Gasteiger partial charge on any atom is 0.453 e. The van der Waals surface area contributed by atoms with Crippen molar-refractivity contribution in [3.8, 4) is 0 Å². The van der Waals surface area contributed by atoms with E-state index in [1.807, 2.05) is 18.2 Å². The highest BCUT2D eigenvalue weighted by atomic mass is 16.6. The molecule has 3 rings (SSSR count). The minimum atomic E-state index is -1.62. The average Bonchev–Trinajstić information content (AvgIpc) is 3.10. The van der Waals surface area contributed by atoms with Crippen molar-refractivity contribution >= 4 is 30.1 Å². The van der Waals surface area contributed by atoms with Crippen LogP contribution < -0.4 is 5.32 Å². The van der Waals surface area contributed by atoms with Crippen molar-refractivity contribution in [3.63, 3.8) is 0 Å². The summed E-state index contributed by atoms with van der Waals surface area (Å²) in [7, 11) is -1.62. The quantitative estimate of drug-likeness (QED) is 0.516. The molecule has 2 aromatic rings. The van der Waals surface area contributed by atoms with Gasteiger partial charge in [-0.15, -0.1) is 0 Å². The van der Waals surface area contributed by atoms with Crippen molar-refractivity contribution in [3.05, 3.63) is 48.7 Å². The third kappa shape index (κ3) is 4.73. The highest BCUT2D eigenvalue weighted by Gasteiger charge is 2.28. The van der Waals surface area contributed by atoms with Crippen LogP contribution in [0.1, 0.15) is 24.4 Å². The number of furan rings is 1. The molecule has 0 bridgehead atoms. The van der Waals surface area contributed by atoms with Gasteiger partial charge in [0.15, 0.2) is 0 Å². The van der Waals surface area contributed by atoms with Crippen molar-refractivity contribution < 1.29 is 28.8 Å². The van der Waals surface area contributed by atoms with E-state index in [9.17, 15) is 19.6 Å². The van der Waals surface area contributed by atoms with Crippen LogP contribution in [0.2, 0.25) is 6.32 Å². The lowest BCUT2D eigenvalue weighted by atomic mass is 9.79. The summed E-state index contributed by atoms with van der Waals surface area (Å²) in [4.78, 5) is 25.8. The molecule has 0 saturated carbocycles. The van der Waals surface area contributed by atoms with E-state index in [0.29, 0.717) is 30.7 Å². The third-order valence-electron chi connectivity index (χ3n) is 4.76. The minimum absolute atomic E-state index is 0.121. The number of rotatable bonds is 6. The average molecular weight is 386 g/mol. The standard InChI is InChI=1S/C19H23BN2O6/c1-2-18(23)22-9-5-6-13(11-22)28-19(24)21-16(10-20(25)26)15-12-27-17-8-4-3-7-14(15)17/h2-4,7-8,12-13,16,25-26H,1,5-6,9-11H2,(H,21,24)/t13-,16+/m0/s1. The number of nitrogens with zero attached hydrogens (tertiary/aromatic N) is 1. The lowest BCUT2D eigenvalue weighted by molar-refractivity contribution is -0.129. The maximum atomic E-state index is 12.4. The van der Waals surface area contributed by atoms with E-state index in [0.717, 1.165) is 11.8 Å². The molecule has 1 aromatic carbocycles. The van der Waals surface area contributed by atoms with Gasteiger partial charge in [-0.3, -0.25) is 4.79 Å². The highest BCUT2D eigenvalue weighted by Crippen LogP contribution is 2.29. The Bertz CT molecular complexity index is 852. The normalized spacial score (nSPS) is 17.8. The monoisotopic (exact) mass is 386 g/mol. The number of alkyl carbamates (subject to hydrolysis) is 1. The smallest absolute Gasteiger partial charge is 0.453 e. The van der Waals surface area contributed by atoms with Crippen molar-refractivity contribution in [1.82, 2.24) is 10.2 Å². The van der Waals surface area contributed by atoms with Gasteiger partial charge in [0.1, 0.15) is 11.7 Å². The molecule has 2 heterocycles. The molecular formula is C19H23BN2O6. The Labute approximate surface area is 162 Å². The lowest BCUT2D eigenvalue weighted by Gasteiger charge is -2.32. The number of nitrogens with one attached hydrogen (secondary N) is 1. The Morgan fingerprint density at radius 1 is 1.43 bits per heavy atom. The molecule has 0 unspecified atom stereocenters. The van der Waals surface area contributed by atoms with Crippen molar-refractivity contribution in [1.29, 1.82) is 0 Å². The van der Waals surface area contributed by atoms with Gasteiger partial charge in [-0.1, -0.05) is 24.8 Å². The zero-order chi connectivity index (χ0) is 20.1. The predicted molar refractivity (Wildman–Crippen MR) is 103 cm³/mol. The number of carbonyl (C=O) groups excluding carboxylic acids is 2. The third-order valence-corrected chi connectivity index (χ3v) is 4.76. The van der Waals surface area contributed by atoms with Gasteiger partial charge in [0, 0.05) is 23.8 Å². The van der Waals surface area contributed by atoms with E-state index < -0.39 is 25.4 Å². The first-order chi connectivity index (χ1) is 13.5. The minimum Gasteiger partial charge on any atom is -0.464 e. The largest absolute Gasteiger partial charge is 0.464 e. The summed E-state index contributed by atoms with van der Waals surface area (Å²) in [6.45, 7) is 4.38. The van der Waals surface area contributed by atoms with Crippen molar-refractivity contribution in [2.24, 2.45) is 0 Å². The molecule has 1 aliphatic heterocycles. The second kappa shape index (κ2) is 8.94. The number of likely N-dealkylation sites (tertiary alicyclic amines) is 1. The molecule has 3 N–H and O–H groups in total. The van der Waals surface area contributed by atoms with Crippen LogP contribution in [-0.4, -0.2) is 53.3 Å². The van der Waals surface area contributed by atoms with Gasteiger partial charge in [0.2, 0.25) is 5.91 Å². The molecule has 1 aromatic heterocycles. The van der Waals surface area contributed by atoms with Gasteiger partial charge in [-0.2, -0.15) is 0 Å². The summed E-state index contributed by atoms with van der Waals surface area (Å²) >= 11 is 0. The van der Waals surface area contributed by atoms with E-state index in [4.69, 9.17) is 9.15 Å².